The van der Waals surface area contributed by atoms with Crippen LogP contribution in [0.2, 0.25) is 0 Å². The first-order chi connectivity index (χ1) is 16.4. The Morgan fingerprint density at radius 2 is 1.59 bits per heavy atom. The van der Waals surface area contributed by atoms with Crippen LogP contribution in [0.4, 0.5) is 0 Å². The number of rotatable bonds is 7. The number of carbonyl (C=O) groups excluding carboxylic acids is 1. The Morgan fingerprint density at radius 1 is 1.00 bits per heavy atom. The summed E-state index contributed by atoms with van der Waals surface area (Å²) in [6.45, 7) is 2.02. The van der Waals surface area contributed by atoms with E-state index in [0.717, 1.165) is 34.6 Å². The normalized spacial score (nSPS) is 27.6. The average molecular weight is 460 g/mol. The molecular weight excluding hydrogens is 426 g/mol. The van der Waals surface area contributed by atoms with Crippen molar-refractivity contribution >= 4 is 5.91 Å². The van der Waals surface area contributed by atoms with Crippen LogP contribution in [0.5, 0.6) is 5.75 Å². The van der Waals surface area contributed by atoms with Gasteiger partial charge in [0.25, 0.3) is 0 Å². The fourth-order valence-corrected chi connectivity index (χ4v) is 6.71. The lowest BCUT2D eigenvalue weighted by Crippen LogP contribution is -2.48. The van der Waals surface area contributed by atoms with Crippen molar-refractivity contribution in [3.63, 3.8) is 0 Å². The van der Waals surface area contributed by atoms with Gasteiger partial charge in [0, 0.05) is 29.4 Å². The molecule has 1 unspecified atom stereocenters. The molecule has 4 saturated carbocycles. The van der Waals surface area contributed by atoms with Crippen molar-refractivity contribution in [2.75, 3.05) is 13.9 Å². The minimum Gasteiger partial charge on any atom is -0.467 e. The quantitative estimate of drug-likeness (QED) is 0.467. The number of amides is 1. The van der Waals surface area contributed by atoms with Crippen LogP contribution in [0, 0.1) is 29.6 Å². The smallest absolute Gasteiger partial charge is 0.248 e. The topological polar surface area (TPSA) is 70.8 Å². The Hall–Kier alpha value is -2.81. The third kappa shape index (κ3) is 4.71. The van der Waals surface area contributed by atoms with Gasteiger partial charge in [-0.3, -0.25) is 4.79 Å². The van der Waals surface area contributed by atoms with Gasteiger partial charge in [-0.25, -0.2) is 0 Å². The van der Waals surface area contributed by atoms with Gasteiger partial charge in [0.1, 0.15) is 5.75 Å². The summed E-state index contributed by atoms with van der Waals surface area (Å²) < 4.78 is 17.0. The summed E-state index contributed by atoms with van der Waals surface area (Å²) in [7, 11) is 1.63. The summed E-state index contributed by atoms with van der Waals surface area (Å²) >= 11 is 0. The van der Waals surface area contributed by atoms with Crippen molar-refractivity contribution < 1.29 is 19.0 Å². The van der Waals surface area contributed by atoms with Gasteiger partial charge in [0.15, 0.2) is 13.1 Å². The number of hydrogen-bond donors (Lipinski definition) is 1. The van der Waals surface area contributed by atoms with Gasteiger partial charge in [-0.2, -0.15) is 0 Å². The van der Waals surface area contributed by atoms with Crippen molar-refractivity contribution in [2.24, 2.45) is 23.5 Å². The van der Waals surface area contributed by atoms with E-state index >= 15 is 0 Å². The number of benzene rings is 2. The first-order valence-electron chi connectivity index (χ1n) is 12.3. The lowest BCUT2D eigenvalue weighted by molar-refractivity contribution is -0.150. The first-order valence-corrected chi connectivity index (χ1v) is 12.3. The maximum atomic E-state index is 11.3. The first kappa shape index (κ1) is 23.0. The highest BCUT2D eigenvalue weighted by Crippen LogP contribution is 2.61. The van der Waals surface area contributed by atoms with E-state index in [-0.39, 0.29) is 18.5 Å². The third-order valence-electron chi connectivity index (χ3n) is 7.96. The van der Waals surface area contributed by atoms with Gasteiger partial charge in [0.2, 0.25) is 5.91 Å². The summed E-state index contributed by atoms with van der Waals surface area (Å²) in [5, 5.41) is 0. The van der Waals surface area contributed by atoms with E-state index in [1.165, 1.54) is 44.1 Å². The molecule has 1 amide bonds. The lowest BCUT2D eigenvalue weighted by atomic mass is 9.48. The zero-order valence-corrected chi connectivity index (χ0v) is 20.0. The molecule has 34 heavy (non-hydrogen) atoms. The van der Waals surface area contributed by atoms with Crippen LogP contribution in [-0.4, -0.2) is 26.1 Å². The van der Waals surface area contributed by atoms with E-state index in [1.54, 1.807) is 19.2 Å². The maximum absolute atomic E-state index is 11.3. The van der Waals surface area contributed by atoms with E-state index in [2.05, 4.69) is 24.0 Å². The predicted octanol–water partition coefficient (Wildman–Crippen LogP) is 5.00. The number of carbonyl (C=O) groups is 1. The van der Waals surface area contributed by atoms with Crippen LogP contribution in [0.3, 0.4) is 0 Å². The fourth-order valence-electron chi connectivity index (χ4n) is 6.71. The molecule has 1 atom stereocenters. The molecule has 0 saturated heterocycles. The highest BCUT2D eigenvalue weighted by Gasteiger charge is 2.52. The monoisotopic (exact) mass is 459 g/mol. The van der Waals surface area contributed by atoms with Crippen LogP contribution in [0.1, 0.15) is 72.5 Å². The Kier molecular flexibility index (Phi) is 6.38. The highest BCUT2D eigenvalue weighted by molar-refractivity contribution is 5.92. The van der Waals surface area contributed by atoms with Crippen LogP contribution in [-0.2, 0) is 14.9 Å². The average Bonchev–Trinajstić information content (AvgIpc) is 2.82. The number of methoxy groups -OCH3 is 1. The van der Waals surface area contributed by atoms with Crippen LogP contribution in [0.15, 0.2) is 42.5 Å². The Morgan fingerprint density at radius 3 is 2.18 bits per heavy atom. The van der Waals surface area contributed by atoms with E-state index in [4.69, 9.17) is 19.9 Å². The molecule has 4 bridgehead atoms. The number of hydrogen-bond acceptors (Lipinski definition) is 4. The fraction of sp³-hybridized carbons (Fsp3) is 0.483. The molecule has 5 heteroatoms. The molecule has 5 nitrogen and oxygen atoms in total. The molecular formula is C29H33NO4. The summed E-state index contributed by atoms with van der Waals surface area (Å²) in [6.07, 6.45) is 7.61. The van der Waals surface area contributed by atoms with Gasteiger partial charge >= 0.3 is 0 Å². The van der Waals surface area contributed by atoms with E-state index in [0.29, 0.717) is 5.56 Å². The van der Waals surface area contributed by atoms with E-state index in [9.17, 15) is 4.79 Å². The zero-order chi connectivity index (χ0) is 23.7. The Balaban J connectivity index is 1.44. The molecule has 2 aromatic carbocycles. The molecule has 4 aliphatic rings. The molecule has 0 spiro atoms. The number of nitrogens with two attached hydrogens (primary N) is 1. The minimum atomic E-state index is -0.431. The van der Waals surface area contributed by atoms with Crippen molar-refractivity contribution in [3.05, 3.63) is 64.7 Å². The summed E-state index contributed by atoms with van der Waals surface area (Å²) in [6, 6.07) is 13.4. The van der Waals surface area contributed by atoms with Gasteiger partial charge in [-0.1, -0.05) is 11.8 Å². The van der Waals surface area contributed by atoms with Crippen LogP contribution < -0.4 is 10.5 Å². The van der Waals surface area contributed by atoms with Gasteiger partial charge < -0.3 is 19.9 Å². The number of primary amides is 1. The molecule has 0 aromatic heterocycles. The second kappa shape index (κ2) is 9.44. The van der Waals surface area contributed by atoms with Crippen molar-refractivity contribution in [1.29, 1.82) is 0 Å². The second-order valence-corrected chi connectivity index (χ2v) is 10.3. The molecule has 6 rings (SSSR count). The SMILES string of the molecule is COC(C)OCOc1ccc(C#Cc2ccc(C(N)=O)cc2)cc1C12CC3CC(CC(C3)C1)C2. The van der Waals surface area contributed by atoms with E-state index in [1.807, 2.05) is 25.1 Å². The molecule has 0 radical (unpaired) electrons. The Bertz CT molecular complexity index is 1080. The molecule has 4 fully saturated rings. The molecule has 4 aliphatic carbocycles. The minimum absolute atomic E-state index is 0.158. The van der Waals surface area contributed by atoms with E-state index < -0.39 is 5.91 Å². The Labute approximate surface area is 202 Å². The standard InChI is InChI=1S/C29H33NO4/c1-19(32-2)33-18-34-27-10-7-21(4-3-20-5-8-25(9-6-20)28(30)31)14-26(27)29-15-22-11-23(16-29)13-24(12-22)17-29/h5-10,14,19,22-24H,11-13,15-18H2,1-2H3,(H2,30,31). The predicted molar refractivity (Wildman–Crippen MR) is 130 cm³/mol. The zero-order valence-electron chi connectivity index (χ0n) is 20.0. The summed E-state index contributed by atoms with van der Waals surface area (Å²) in [5.41, 5.74) is 9.12. The molecule has 0 heterocycles. The van der Waals surface area contributed by atoms with Crippen LogP contribution in [0.25, 0.3) is 0 Å². The summed E-state index contributed by atoms with van der Waals surface area (Å²) in [5.74, 6) is 9.53. The molecule has 2 N–H and O–H groups in total. The molecule has 2 aromatic rings. The van der Waals surface area contributed by atoms with Crippen LogP contribution >= 0.6 is 0 Å². The van der Waals surface area contributed by atoms with Crippen molar-refractivity contribution in [1.82, 2.24) is 0 Å². The summed E-state index contributed by atoms with van der Waals surface area (Å²) in [4.78, 5) is 11.3. The van der Waals surface area contributed by atoms with Gasteiger partial charge in [-0.15, -0.1) is 0 Å². The second-order valence-electron chi connectivity index (χ2n) is 10.3. The lowest BCUT2D eigenvalue weighted by Gasteiger charge is -2.57. The third-order valence-corrected chi connectivity index (χ3v) is 7.96. The van der Waals surface area contributed by atoms with Gasteiger partial charge in [0.05, 0.1) is 0 Å². The van der Waals surface area contributed by atoms with Crippen molar-refractivity contribution in [2.45, 2.75) is 57.2 Å². The largest absolute Gasteiger partial charge is 0.467 e. The van der Waals surface area contributed by atoms with Crippen molar-refractivity contribution in [3.8, 4) is 17.6 Å². The molecule has 178 valence electrons. The van der Waals surface area contributed by atoms with Gasteiger partial charge in [-0.05, 0) is 111 Å². The number of ether oxygens (including phenoxy) is 3. The molecule has 0 aliphatic heterocycles. The highest BCUT2D eigenvalue weighted by atomic mass is 16.7. The maximum Gasteiger partial charge on any atom is 0.248 e.